The third kappa shape index (κ3) is 6.13. The molecule has 0 atom stereocenters. The van der Waals surface area contributed by atoms with Crippen molar-refractivity contribution in [2.75, 3.05) is 0 Å². The van der Waals surface area contributed by atoms with Gasteiger partial charge in [-0.15, -0.1) is 0 Å². The molecule has 0 fully saturated rings. The number of aromatic nitrogens is 2. The number of nitrogens with one attached hydrogen (secondary N) is 1. The summed E-state index contributed by atoms with van der Waals surface area (Å²) in [4.78, 5) is 19.9. The second kappa shape index (κ2) is 9.31. The summed E-state index contributed by atoms with van der Waals surface area (Å²) in [6.07, 6.45) is 0.371. The molecule has 2 rings (SSSR count). The second-order valence-electron chi connectivity index (χ2n) is 6.03. The summed E-state index contributed by atoms with van der Waals surface area (Å²) < 4.78 is 38.7. The maximum atomic E-state index is 12.9. The number of carbonyl (C=O) groups excluding carboxylic acids is 1. The van der Waals surface area contributed by atoms with Crippen molar-refractivity contribution >= 4 is 5.91 Å². The molecule has 2 heterocycles. The van der Waals surface area contributed by atoms with Crippen molar-refractivity contribution in [3.63, 3.8) is 0 Å². The molecule has 1 N–H and O–H groups in total. The molecule has 4 nitrogen and oxygen atoms in total. The summed E-state index contributed by atoms with van der Waals surface area (Å²) >= 11 is 0. The van der Waals surface area contributed by atoms with Crippen molar-refractivity contribution in [3.8, 4) is 0 Å². The van der Waals surface area contributed by atoms with E-state index in [0.717, 1.165) is 25.3 Å². The molecule has 2 aromatic rings. The first-order valence-electron chi connectivity index (χ1n) is 8.62. The fourth-order valence-corrected chi connectivity index (χ4v) is 2.53. The van der Waals surface area contributed by atoms with Gasteiger partial charge in [-0.05, 0) is 36.6 Å². The normalized spacial score (nSPS) is 11.4. The highest BCUT2D eigenvalue weighted by atomic mass is 19.4. The fourth-order valence-electron chi connectivity index (χ4n) is 2.53. The lowest BCUT2D eigenvalue weighted by molar-refractivity contribution is -0.141. The van der Waals surface area contributed by atoms with Gasteiger partial charge in [0.2, 0.25) is 5.91 Å². The van der Waals surface area contributed by atoms with Gasteiger partial charge in [-0.1, -0.05) is 31.9 Å². The third-order valence-electron chi connectivity index (χ3n) is 3.92. The lowest BCUT2D eigenvalue weighted by atomic mass is 10.1. The number of unbranched alkanes of at least 4 members (excludes halogenated alkanes) is 2. The standard InChI is InChI=1S/C19H22F3N3O/c1-2-3-4-8-16-14(9-10-17(25-16)19(20,21)22)13-24-18(26)12-15-7-5-6-11-23-15/h5-7,9-11H,2-4,8,12-13H2,1H3,(H,24,26). The van der Waals surface area contributed by atoms with Crippen LogP contribution in [0.15, 0.2) is 36.5 Å². The molecule has 0 saturated carbocycles. The highest BCUT2D eigenvalue weighted by Crippen LogP contribution is 2.28. The van der Waals surface area contributed by atoms with E-state index < -0.39 is 11.9 Å². The van der Waals surface area contributed by atoms with Gasteiger partial charge >= 0.3 is 6.18 Å². The van der Waals surface area contributed by atoms with Gasteiger partial charge in [0.25, 0.3) is 0 Å². The lowest BCUT2D eigenvalue weighted by Crippen LogP contribution is -2.26. The van der Waals surface area contributed by atoms with Gasteiger partial charge in [-0.3, -0.25) is 9.78 Å². The van der Waals surface area contributed by atoms with Gasteiger partial charge in [0, 0.05) is 24.1 Å². The Morgan fingerprint density at radius 3 is 2.62 bits per heavy atom. The van der Waals surface area contributed by atoms with Crippen molar-refractivity contribution < 1.29 is 18.0 Å². The molecular formula is C19H22F3N3O. The van der Waals surface area contributed by atoms with E-state index in [1.54, 1.807) is 24.4 Å². The Morgan fingerprint density at radius 1 is 1.15 bits per heavy atom. The van der Waals surface area contributed by atoms with Crippen molar-refractivity contribution in [3.05, 3.63) is 59.2 Å². The van der Waals surface area contributed by atoms with Gasteiger partial charge in [0.15, 0.2) is 0 Å². The SMILES string of the molecule is CCCCCc1nc(C(F)(F)F)ccc1CNC(=O)Cc1ccccn1. The number of carbonyl (C=O) groups is 1. The largest absolute Gasteiger partial charge is 0.433 e. The van der Waals surface area contributed by atoms with Gasteiger partial charge in [0.05, 0.1) is 6.42 Å². The Kier molecular flexibility index (Phi) is 7.12. The summed E-state index contributed by atoms with van der Waals surface area (Å²) in [5.41, 5.74) is 0.751. The highest BCUT2D eigenvalue weighted by molar-refractivity contribution is 5.78. The molecule has 0 aliphatic carbocycles. The number of alkyl halides is 3. The van der Waals surface area contributed by atoms with Crippen LogP contribution < -0.4 is 5.32 Å². The zero-order valence-corrected chi connectivity index (χ0v) is 14.6. The first-order chi connectivity index (χ1) is 12.4. The van der Waals surface area contributed by atoms with Crippen molar-refractivity contribution in [2.24, 2.45) is 0 Å². The van der Waals surface area contributed by atoms with Crippen LogP contribution in [0.3, 0.4) is 0 Å². The van der Waals surface area contributed by atoms with Gasteiger partial charge < -0.3 is 5.32 Å². The van der Waals surface area contributed by atoms with E-state index in [9.17, 15) is 18.0 Å². The highest BCUT2D eigenvalue weighted by Gasteiger charge is 2.32. The minimum Gasteiger partial charge on any atom is -0.352 e. The maximum absolute atomic E-state index is 12.9. The number of aryl methyl sites for hydroxylation is 1. The van der Waals surface area contributed by atoms with Crippen LogP contribution in [0.1, 0.15) is 48.8 Å². The molecule has 0 saturated heterocycles. The van der Waals surface area contributed by atoms with Crippen molar-refractivity contribution in [1.29, 1.82) is 0 Å². The van der Waals surface area contributed by atoms with Crippen LogP contribution >= 0.6 is 0 Å². The Bertz CT molecular complexity index is 718. The van der Waals surface area contributed by atoms with Crippen molar-refractivity contribution in [2.45, 2.75) is 51.7 Å². The van der Waals surface area contributed by atoms with Crippen LogP contribution in [0.5, 0.6) is 0 Å². The summed E-state index contributed by atoms with van der Waals surface area (Å²) in [6.45, 7) is 2.18. The number of hydrogen-bond acceptors (Lipinski definition) is 3. The van der Waals surface area contributed by atoms with Crippen LogP contribution in [-0.4, -0.2) is 15.9 Å². The van der Waals surface area contributed by atoms with Crippen LogP contribution in [0.4, 0.5) is 13.2 Å². The molecule has 1 amide bonds. The van der Waals surface area contributed by atoms with Gasteiger partial charge in [0.1, 0.15) is 5.69 Å². The molecule has 0 unspecified atom stereocenters. The number of rotatable bonds is 8. The Morgan fingerprint density at radius 2 is 1.96 bits per heavy atom. The molecule has 0 radical (unpaired) electrons. The molecule has 26 heavy (non-hydrogen) atoms. The van der Waals surface area contributed by atoms with E-state index in [1.165, 1.54) is 6.07 Å². The Balaban J connectivity index is 2.05. The topological polar surface area (TPSA) is 54.9 Å². The van der Waals surface area contributed by atoms with Crippen LogP contribution in [0, 0.1) is 0 Å². The Hall–Kier alpha value is -2.44. The van der Waals surface area contributed by atoms with E-state index in [2.05, 4.69) is 15.3 Å². The van der Waals surface area contributed by atoms with Crippen LogP contribution in [0.2, 0.25) is 0 Å². The summed E-state index contributed by atoms with van der Waals surface area (Å²) in [5.74, 6) is -0.233. The molecule has 0 spiro atoms. The predicted octanol–water partition coefficient (Wildman–Crippen LogP) is 4.09. The molecule has 140 valence electrons. The zero-order valence-electron chi connectivity index (χ0n) is 14.6. The quantitative estimate of drug-likeness (QED) is 0.717. The van der Waals surface area contributed by atoms with E-state index >= 15 is 0 Å². The zero-order chi connectivity index (χ0) is 19.0. The average molecular weight is 365 g/mol. The van der Waals surface area contributed by atoms with E-state index in [4.69, 9.17) is 0 Å². The molecule has 0 bridgehead atoms. The number of amides is 1. The van der Waals surface area contributed by atoms with E-state index in [1.807, 2.05) is 6.92 Å². The lowest BCUT2D eigenvalue weighted by Gasteiger charge is -2.13. The fraction of sp³-hybridized carbons (Fsp3) is 0.421. The number of hydrogen-bond donors (Lipinski definition) is 1. The molecule has 0 aromatic carbocycles. The predicted molar refractivity (Wildman–Crippen MR) is 92.3 cm³/mol. The second-order valence-corrected chi connectivity index (χ2v) is 6.03. The number of halogens is 3. The van der Waals surface area contributed by atoms with Crippen molar-refractivity contribution in [1.82, 2.24) is 15.3 Å². The molecule has 7 heteroatoms. The van der Waals surface area contributed by atoms with E-state index in [0.29, 0.717) is 23.4 Å². The first-order valence-corrected chi connectivity index (χ1v) is 8.62. The van der Waals surface area contributed by atoms with Crippen LogP contribution in [-0.2, 0) is 30.4 Å². The minimum atomic E-state index is -4.47. The van der Waals surface area contributed by atoms with Gasteiger partial charge in [-0.25, -0.2) is 4.98 Å². The Labute approximate surface area is 150 Å². The maximum Gasteiger partial charge on any atom is 0.433 e. The summed E-state index contributed by atoms with van der Waals surface area (Å²) in [6, 6.07) is 7.66. The monoisotopic (exact) mass is 365 g/mol. The smallest absolute Gasteiger partial charge is 0.352 e. The number of nitrogens with zero attached hydrogens (tertiary/aromatic N) is 2. The summed E-state index contributed by atoms with van der Waals surface area (Å²) in [5, 5.41) is 2.74. The summed E-state index contributed by atoms with van der Waals surface area (Å²) in [7, 11) is 0. The minimum absolute atomic E-state index is 0.125. The third-order valence-corrected chi connectivity index (χ3v) is 3.92. The van der Waals surface area contributed by atoms with Crippen LogP contribution in [0.25, 0.3) is 0 Å². The number of pyridine rings is 2. The average Bonchev–Trinajstić information content (AvgIpc) is 2.61. The molecule has 2 aromatic heterocycles. The molecule has 0 aliphatic heterocycles. The molecular weight excluding hydrogens is 343 g/mol. The molecule has 0 aliphatic rings. The van der Waals surface area contributed by atoms with Gasteiger partial charge in [-0.2, -0.15) is 13.2 Å². The first kappa shape index (κ1) is 19.9. The van der Waals surface area contributed by atoms with E-state index in [-0.39, 0.29) is 18.9 Å².